The molecule has 1 aromatic carbocycles. The number of aryl methyl sites for hydroxylation is 1. The summed E-state index contributed by atoms with van der Waals surface area (Å²) in [6.45, 7) is 6.90. The maximum absolute atomic E-state index is 13.7. The van der Waals surface area contributed by atoms with Crippen LogP contribution in [0, 0.1) is 6.92 Å². The van der Waals surface area contributed by atoms with Crippen molar-refractivity contribution in [1.29, 1.82) is 0 Å². The zero-order chi connectivity index (χ0) is 26.5. The molecule has 1 aliphatic carbocycles. The molecule has 0 atom stereocenters. The largest absolute Gasteiger partial charge is 0.497 e. The number of carbonyl (C=O) groups excluding carboxylic acids is 2. The van der Waals surface area contributed by atoms with E-state index in [2.05, 4.69) is 4.90 Å². The normalized spacial score (nSPS) is 19.9. The second-order valence-corrected chi connectivity index (χ2v) is 11.2. The molecule has 2 saturated heterocycles. The standard InChI is InChI=1S/C31H42N4O3/c1-23-11-12-28(31(37)35-19-17-33(18-20-35)26-8-4-3-5-9-26)30(32-23)25-13-15-34(16-14-25)29(36)22-24-7-6-10-27(21-24)38-2/h6-7,10-12,21,25-26H,3-5,8-9,13-20,22H2,1-2H3. The number of ether oxygens (including phenoxy) is 1. The van der Waals surface area contributed by atoms with Crippen molar-refractivity contribution in [3.63, 3.8) is 0 Å². The van der Waals surface area contributed by atoms with Gasteiger partial charge in [-0.2, -0.15) is 0 Å². The monoisotopic (exact) mass is 518 g/mol. The van der Waals surface area contributed by atoms with Crippen molar-refractivity contribution < 1.29 is 14.3 Å². The molecule has 38 heavy (non-hydrogen) atoms. The minimum Gasteiger partial charge on any atom is -0.497 e. The van der Waals surface area contributed by atoms with Crippen molar-refractivity contribution in [3.8, 4) is 5.75 Å². The zero-order valence-electron chi connectivity index (χ0n) is 23.0. The average molecular weight is 519 g/mol. The first kappa shape index (κ1) is 26.7. The fraction of sp³-hybridized carbons (Fsp3) is 0.581. The van der Waals surface area contributed by atoms with E-state index >= 15 is 0 Å². The number of pyridine rings is 1. The number of methoxy groups -OCH3 is 1. The SMILES string of the molecule is COc1cccc(CC(=O)N2CCC(c3nc(C)ccc3C(=O)N3CCN(C4CCCCC4)CC3)CC2)c1. The predicted molar refractivity (Wildman–Crippen MR) is 149 cm³/mol. The van der Waals surface area contributed by atoms with E-state index < -0.39 is 0 Å². The average Bonchev–Trinajstić information content (AvgIpc) is 2.97. The number of benzene rings is 1. The molecular formula is C31H42N4O3. The molecule has 2 aromatic rings. The zero-order valence-corrected chi connectivity index (χ0v) is 23.0. The van der Waals surface area contributed by atoms with Crippen molar-refractivity contribution in [3.05, 3.63) is 58.9 Å². The van der Waals surface area contributed by atoms with E-state index in [9.17, 15) is 9.59 Å². The maximum Gasteiger partial charge on any atom is 0.255 e. The van der Waals surface area contributed by atoms with Gasteiger partial charge in [-0.1, -0.05) is 31.4 Å². The van der Waals surface area contributed by atoms with Gasteiger partial charge in [0.15, 0.2) is 0 Å². The Kier molecular flexibility index (Phi) is 8.62. The highest BCUT2D eigenvalue weighted by Gasteiger charge is 2.32. The van der Waals surface area contributed by atoms with Crippen LogP contribution in [-0.2, 0) is 11.2 Å². The van der Waals surface area contributed by atoms with Gasteiger partial charge in [-0.15, -0.1) is 0 Å². The van der Waals surface area contributed by atoms with Crippen LogP contribution in [0.4, 0.5) is 0 Å². The topological polar surface area (TPSA) is 66.0 Å². The highest BCUT2D eigenvalue weighted by atomic mass is 16.5. The summed E-state index contributed by atoms with van der Waals surface area (Å²) in [6.07, 6.45) is 8.70. The van der Waals surface area contributed by atoms with Crippen LogP contribution in [0.15, 0.2) is 36.4 Å². The third-order valence-corrected chi connectivity index (χ3v) is 8.71. The van der Waals surface area contributed by atoms with Crippen LogP contribution < -0.4 is 4.74 Å². The number of nitrogens with zero attached hydrogens (tertiary/aromatic N) is 4. The lowest BCUT2D eigenvalue weighted by Gasteiger charge is -2.41. The summed E-state index contributed by atoms with van der Waals surface area (Å²) < 4.78 is 5.30. The van der Waals surface area contributed by atoms with Gasteiger partial charge in [-0.05, 0) is 62.4 Å². The molecule has 3 fully saturated rings. The first-order valence-electron chi connectivity index (χ1n) is 14.4. The Morgan fingerprint density at radius 1 is 0.895 bits per heavy atom. The van der Waals surface area contributed by atoms with Crippen molar-refractivity contribution >= 4 is 11.8 Å². The van der Waals surface area contributed by atoms with Crippen molar-refractivity contribution in [2.24, 2.45) is 0 Å². The molecule has 5 rings (SSSR count). The smallest absolute Gasteiger partial charge is 0.255 e. The van der Waals surface area contributed by atoms with Gasteiger partial charge in [0.1, 0.15) is 5.75 Å². The van der Waals surface area contributed by atoms with Crippen LogP contribution in [0.3, 0.4) is 0 Å². The Balaban J connectivity index is 1.19. The van der Waals surface area contributed by atoms with Gasteiger partial charge in [0.2, 0.25) is 5.91 Å². The van der Waals surface area contributed by atoms with E-state index in [1.54, 1.807) is 7.11 Å². The Bertz CT molecular complexity index is 1110. The van der Waals surface area contributed by atoms with E-state index in [-0.39, 0.29) is 17.7 Å². The second kappa shape index (κ2) is 12.3. The molecule has 7 nitrogen and oxygen atoms in total. The number of carbonyl (C=O) groups is 2. The van der Waals surface area contributed by atoms with E-state index in [0.29, 0.717) is 25.6 Å². The molecule has 3 heterocycles. The van der Waals surface area contributed by atoms with E-state index in [4.69, 9.17) is 9.72 Å². The van der Waals surface area contributed by atoms with Crippen molar-refractivity contribution in [1.82, 2.24) is 19.7 Å². The predicted octanol–water partition coefficient (Wildman–Crippen LogP) is 4.44. The van der Waals surface area contributed by atoms with Crippen molar-refractivity contribution in [2.75, 3.05) is 46.4 Å². The molecular weight excluding hydrogens is 476 g/mol. The molecule has 1 saturated carbocycles. The van der Waals surface area contributed by atoms with Gasteiger partial charge in [0.25, 0.3) is 5.91 Å². The molecule has 204 valence electrons. The number of aromatic nitrogens is 1. The number of amides is 2. The third-order valence-electron chi connectivity index (χ3n) is 8.71. The summed E-state index contributed by atoms with van der Waals surface area (Å²) in [5.74, 6) is 1.22. The summed E-state index contributed by atoms with van der Waals surface area (Å²) in [5.41, 5.74) is 3.58. The third kappa shape index (κ3) is 6.20. The van der Waals surface area contributed by atoms with E-state index in [0.717, 1.165) is 67.3 Å². The minimum absolute atomic E-state index is 0.118. The molecule has 0 N–H and O–H groups in total. The maximum atomic E-state index is 13.7. The lowest BCUT2D eigenvalue weighted by Crippen LogP contribution is -2.52. The van der Waals surface area contributed by atoms with E-state index in [1.165, 1.54) is 32.1 Å². The number of likely N-dealkylation sites (tertiary alicyclic amines) is 1. The summed E-state index contributed by atoms with van der Waals surface area (Å²) in [5, 5.41) is 0. The highest BCUT2D eigenvalue weighted by Crippen LogP contribution is 2.31. The Labute approximate surface area is 227 Å². The van der Waals surface area contributed by atoms with Gasteiger partial charge in [0, 0.05) is 56.9 Å². The summed E-state index contributed by atoms with van der Waals surface area (Å²) in [4.78, 5) is 38.1. The fourth-order valence-electron chi connectivity index (χ4n) is 6.45. The summed E-state index contributed by atoms with van der Waals surface area (Å²) in [7, 11) is 1.64. The summed E-state index contributed by atoms with van der Waals surface area (Å²) in [6, 6.07) is 12.4. The number of piperazine rings is 1. The van der Waals surface area contributed by atoms with Crippen LogP contribution in [0.2, 0.25) is 0 Å². The molecule has 3 aliphatic rings. The molecule has 2 amide bonds. The Hall–Kier alpha value is -2.93. The molecule has 1 aromatic heterocycles. The molecule has 2 aliphatic heterocycles. The lowest BCUT2D eigenvalue weighted by atomic mass is 9.89. The van der Waals surface area contributed by atoms with Gasteiger partial charge in [-0.3, -0.25) is 19.5 Å². The summed E-state index contributed by atoms with van der Waals surface area (Å²) >= 11 is 0. The number of piperidine rings is 1. The first-order valence-corrected chi connectivity index (χ1v) is 14.4. The van der Waals surface area contributed by atoms with Crippen LogP contribution in [0.1, 0.15) is 78.2 Å². The van der Waals surface area contributed by atoms with Crippen LogP contribution in [-0.4, -0.2) is 83.9 Å². The van der Waals surface area contributed by atoms with Crippen LogP contribution in [0.25, 0.3) is 0 Å². The first-order chi connectivity index (χ1) is 18.5. The highest BCUT2D eigenvalue weighted by molar-refractivity contribution is 5.95. The van der Waals surface area contributed by atoms with Gasteiger partial charge >= 0.3 is 0 Å². The molecule has 0 spiro atoms. The molecule has 7 heteroatoms. The van der Waals surface area contributed by atoms with Gasteiger partial charge in [-0.25, -0.2) is 0 Å². The van der Waals surface area contributed by atoms with Crippen LogP contribution >= 0.6 is 0 Å². The fourth-order valence-corrected chi connectivity index (χ4v) is 6.45. The van der Waals surface area contributed by atoms with Gasteiger partial charge < -0.3 is 14.5 Å². The lowest BCUT2D eigenvalue weighted by molar-refractivity contribution is -0.131. The second-order valence-electron chi connectivity index (χ2n) is 11.2. The van der Waals surface area contributed by atoms with Crippen LogP contribution in [0.5, 0.6) is 5.75 Å². The molecule has 0 radical (unpaired) electrons. The van der Waals surface area contributed by atoms with E-state index in [1.807, 2.05) is 53.1 Å². The van der Waals surface area contributed by atoms with Gasteiger partial charge in [0.05, 0.1) is 24.8 Å². The number of hydrogen-bond donors (Lipinski definition) is 0. The Morgan fingerprint density at radius 2 is 1.63 bits per heavy atom. The quantitative estimate of drug-likeness (QED) is 0.566. The number of rotatable bonds is 6. The number of hydrogen-bond acceptors (Lipinski definition) is 5. The Morgan fingerprint density at radius 3 is 2.34 bits per heavy atom. The minimum atomic E-state index is 0.118. The molecule has 0 bridgehead atoms. The van der Waals surface area contributed by atoms with Crippen molar-refractivity contribution in [2.45, 2.75) is 70.3 Å². The molecule has 0 unspecified atom stereocenters.